The lowest BCUT2D eigenvalue weighted by Crippen LogP contribution is -2.17. The number of nitrogens with zero attached hydrogens (tertiary/aromatic N) is 1. The van der Waals surface area contributed by atoms with Crippen LogP contribution in [0.3, 0.4) is 0 Å². The predicted molar refractivity (Wildman–Crippen MR) is 132 cm³/mol. The summed E-state index contributed by atoms with van der Waals surface area (Å²) in [6, 6.07) is 17.2. The Morgan fingerprint density at radius 2 is 1.89 bits per heavy atom. The number of carbonyl (C=O) groups excluding carboxylic acids is 2. The topological polar surface area (TPSA) is 95.5 Å². The Kier molecular flexibility index (Phi) is 6.26. The fraction of sp³-hybridized carbons (Fsp3) is 0.0800. The van der Waals surface area contributed by atoms with Crippen molar-refractivity contribution in [1.82, 2.24) is 5.43 Å². The van der Waals surface area contributed by atoms with E-state index in [0.717, 1.165) is 10.1 Å². The molecule has 0 bridgehead atoms. The highest BCUT2D eigenvalue weighted by atomic mass is 35.5. The first-order valence-electron chi connectivity index (χ1n) is 10.3. The smallest absolute Gasteiger partial charge is 0.355 e. The number of benzene rings is 3. The van der Waals surface area contributed by atoms with E-state index >= 15 is 0 Å². The first kappa shape index (κ1) is 22.7. The number of nitrogens with one attached hydrogen (secondary N) is 1. The second kappa shape index (κ2) is 9.65. The van der Waals surface area contributed by atoms with Crippen molar-refractivity contribution in [2.45, 2.75) is 0 Å². The van der Waals surface area contributed by atoms with E-state index in [0.29, 0.717) is 38.3 Å². The van der Waals surface area contributed by atoms with Crippen molar-refractivity contribution in [3.05, 3.63) is 81.7 Å². The van der Waals surface area contributed by atoms with Gasteiger partial charge in [-0.05, 0) is 48.0 Å². The summed E-state index contributed by atoms with van der Waals surface area (Å²) in [5.41, 5.74) is 3.46. The third-order valence-corrected chi connectivity index (χ3v) is 6.78. The summed E-state index contributed by atoms with van der Waals surface area (Å²) in [5.74, 6) is 0.666. The molecule has 0 saturated heterocycles. The van der Waals surface area contributed by atoms with Crippen LogP contribution < -0.4 is 24.4 Å². The molecule has 4 aromatic rings. The Morgan fingerprint density at radius 1 is 1.06 bits per heavy atom. The first-order valence-corrected chi connectivity index (χ1v) is 11.5. The summed E-state index contributed by atoms with van der Waals surface area (Å²) in [5, 5.41) is 5.14. The second-order valence-electron chi connectivity index (χ2n) is 7.31. The maximum atomic E-state index is 12.8. The van der Waals surface area contributed by atoms with E-state index in [2.05, 4.69) is 10.5 Å². The van der Waals surface area contributed by atoms with Crippen molar-refractivity contribution in [3.8, 4) is 23.0 Å². The largest absolute Gasteiger partial charge is 0.493 e. The maximum Gasteiger partial charge on any atom is 0.355 e. The molecule has 0 aliphatic carbocycles. The van der Waals surface area contributed by atoms with E-state index in [1.54, 1.807) is 36.4 Å². The minimum Gasteiger partial charge on any atom is -0.493 e. The van der Waals surface area contributed by atoms with E-state index in [4.69, 9.17) is 30.5 Å². The van der Waals surface area contributed by atoms with E-state index in [1.807, 2.05) is 24.3 Å². The molecule has 1 aliphatic heterocycles. The number of halogens is 1. The van der Waals surface area contributed by atoms with Crippen molar-refractivity contribution < 1.29 is 28.5 Å². The minimum absolute atomic E-state index is 0.128. The van der Waals surface area contributed by atoms with Crippen LogP contribution in [0.1, 0.15) is 25.6 Å². The molecule has 2 heterocycles. The summed E-state index contributed by atoms with van der Waals surface area (Å²) >= 11 is 7.65. The number of methoxy groups -OCH3 is 1. The summed E-state index contributed by atoms with van der Waals surface area (Å²) in [7, 11) is 1.46. The Hall–Kier alpha value is -4.08. The predicted octanol–water partition coefficient (Wildman–Crippen LogP) is 5.28. The SMILES string of the molecule is COc1cc(/C=N/NC(=O)c2ccc3c(c2)OCO3)ccc1OC(=O)c1sc2ccccc2c1Cl. The van der Waals surface area contributed by atoms with Crippen LogP contribution >= 0.6 is 22.9 Å². The van der Waals surface area contributed by atoms with Gasteiger partial charge in [-0.1, -0.05) is 29.8 Å². The van der Waals surface area contributed by atoms with Crippen LogP contribution in [0.15, 0.2) is 65.8 Å². The van der Waals surface area contributed by atoms with Gasteiger partial charge in [0, 0.05) is 15.6 Å². The normalized spacial score (nSPS) is 12.2. The van der Waals surface area contributed by atoms with Crippen molar-refractivity contribution in [2.24, 2.45) is 5.10 Å². The van der Waals surface area contributed by atoms with E-state index in [1.165, 1.54) is 24.7 Å². The fourth-order valence-corrected chi connectivity index (χ4v) is 4.79. The highest BCUT2D eigenvalue weighted by Gasteiger charge is 2.20. The second-order valence-corrected chi connectivity index (χ2v) is 8.74. The van der Waals surface area contributed by atoms with Crippen LogP contribution in [0, 0.1) is 0 Å². The molecule has 1 amide bonds. The molecule has 0 fully saturated rings. The van der Waals surface area contributed by atoms with Crippen molar-refractivity contribution in [1.29, 1.82) is 0 Å². The number of thiophene rings is 1. The maximum absolute atomic E-state index is 12.8. The minimum atomic E-state index is -0.577. The van der Waals surface area contributed by atoms with Crippen molar-refractivity contribution >= 4 is 51.1 Å². The molecule has 1 aromatic heterocycles. The molecule has 0 unspecified atom stereocenters. The van der Waals surface area contributed by atoms with Gasteiger partial charge in [-0.15, -0.1) is 11.3 Å². The lowest BCUT2D eigenvalue weighted by molar-refractivity contribution is 0.0734. The standard InChI is InChI=1S/C25H17ClN2O6S/c1-31-19-10-14(12-27-28-24(29)15-7-9-17-20(11-15)33-13-32-17)6-8-18(19)34-25(30)23-22(26)16-4-2-3-5-21(16)35-23/h2-12H,13H2,1H3,(H,28,29)/b27-12+. The number of amides is 1. The van der Waals surface area contributed by atoms with Gasteiger partial charge in [-0.25, -0.2) is 10.2 Å². The van der Waals surface area contributed by atoms with Gasteiger partial charge < -0.3 is 18.9 Å². The average Bonchev–Trinajstić information content (AvgIpc) is 3.48. The summed E-state index contributed by atoms with van der Waals surface area (Å²) < 4.78 is 22.3. The van der Waals surface area contributed by atoms with Gasteiger partial charge >= 0.3 is 5.97 Å². The van der Waals surface area contributed by atoms with E-state index in [9.17, 15) is 9.59 Å². The summed E-state index contributed by atoms with van der Waals surface area (Å²) in [4.78, 5) is 25.4. The first-order chi connectivity index (χ1) is 17.0. The van der Waals surface area contributed by atoms with Crippen LogP contribution in [0.5, 0.6) is 23.0 Å². The summed E-state index contributed by atoms with van der Waals surface area (Å²) in [6.07, 6.45) is 1.45. The molecular weight excluding hydrogens is 492 g/mol. The number of fused-ring (bicyclic) bond motifs is 2. The Morgan fingerprint density at radius 3 is 2.71 bits per heavy atom. The Bertz CT molecular complexity index is 1480. The number of esters is 1. The van der Waals surface area contributed by atoms with Crippen LogP contribution in [0.25, 0.3) is 10.1 Å². The van der Waals surface area contributed by atoms with Gasteiger partial charge in [-0.3, -0.25) is 4.79 Å². The Balaban J connectivity index is 1.27. The molecule has 10 heteroatoms. The van der Waals surface area contributed by atoms with Crippen LogP contribution in [-0.2, 0) is 0 Å². The van der Waals surface area contributed by atoms with Gasteiger partial charge in [0.2, 0.25) is 6.79 Å². The van der Waals surface area contributed by atoms with Gasteiger partial charge in [0.15, 0.2) is 23.0 Å². The van der Waals surface area contributed by atoms with E-state index in [-0.39, 0.29) is 12.5 Å². The van der Waals surface area contributed by atoms with Crippen molar-refractivity contribution in [2.75, 3.05) is 13.9 Å². The Labute approximate surface area is 208 Å². The number of carbonyl (C=O) groups is 2. The number of hydrazone groups is 1. The molecule has 0 radical (unpaired) electrons. The average molecular weight is 509 g/mol. The molecule has 8 nitrogen and oxygen atoms in total. The molecule has 176 valence electrons. The fourth-order valence-electron chi connectivity index (χ4n) is 3.41. The van der Waals surface area contributed by atoms with Gasteiger partial charge in [-0.2, -0.15) is 5.10 Å². The van der Waals surface area contributed by atoms with Crippen molar-refractivity contribution in [3.63, 3.8) is 0 Å². The molecule has 1 N–H and O–H groups in total. The quantitative estimate of drug-likeness (QED) is 0.165. The molecule has 1 aliphatic rings. The van der Waals surface area contributed by atoms with Crippen LogP contribution in [-0.4, -0.2) is 32.0 Å². The van der Waals surface area contributed by atoms with Gasteiger partial charge in [0.05, 0.1) is 18.3 Å². The van der Waals surface area contributed by atoms with Crippen LogP contribution in [0.2, 0.25) is 5.02 Å². The summed E-state index contributed by atoms with van der Waals surface area (Å²) in [6.45, 7) is 0.128. The lowest BCUT2D eigenvalue weighted by Gasteiger charge is -2.09. The molecule has 0 atom stereocenters. The highest BCUT2D eigenvalue weighted by molar-refractivity contribution is 7.21. The zero-order valence-electron chi connectivity index (χ0n) is 18.2. The molecule has 0 spiro atoms. The monoisotopic (exact) mass is 508 g/mol. The van der Waals surface area contributed by atoms with E-state index < -0.39 is 11.9 Å². The molecular formula is C25H17ClN2O6S. The number of hydrogen-bond donors (Lipinski definition) is 1. The van der Waals surface area contributed by atoms with Gasteiger partial charge in [0.1, 0.15) is 4.88 Å². The third-order valence-electron chi connectivity index (χ3n) is 5.13. The molecule has 5 rings (SSSR count). The third kappa shape index (κ3) is 4.64. The molecule has 35 heavy (non-hydrogen) atoms. The zero-order valence-corrected chi connectivity index (χ0v) is 19.8. The number of rotatable bonds is 6. The number of ether oxygens (including phenoxy) is 4. The number of hydrogen-bond acceptors (Lipinski definition) is 8. The highest BCUT2D eigenvalue weighted by Crippen LogP contribution is 2.37. The van der Waals surface area contributed by atoms with Crippen LogP contribution in [0.4, 0.5) is 0 Å². The lowest BCUT2D eigenvalue weighted by atomic mass is 10.2. The zero-order chi connectivity index (χ0) is 24.4. The molecule has 3 aromatic carbocycles. The molecule has 0 saturated carbocycles. The van der Waals surface area contributed by atoms with Gasteiger partial charge in [0.25, 0.3) is 5.91 Å².